The molecule has 2 N–H and O–H groups in total. The van der Waals surface area contributed by atoms with Crippen molar-refractivity contribution in [2.75, 3.05) is 53.6 Å². The van der Waals surface area contributed by atoms with Gasteiger partial charge in [-0.3, -0.25) is 9.89 Å². The molecule has 1 aromatic carbocycles. The number of ether oxygens (including phenoxy) is 2. The van der Waals surface area contributed by atoms with Gasteiger partial charge in [-0.25, -0.2) is 0 Å². The van der Waals surface area contributed by atoms with Gasteiger partial charge in [0.25, 0.3) is 0 Å². The van der Waals surface area contributed by atoms with Crippen molar-refractivity contribution in [3.05, 3.63) is 28.8 Å². The molecule has 1 aromatic rings. The predicted molar refractivity (Wildman–Crippen MR) is 93.5 cm³/mol. The molecular weight excluding hydrogens is 316 g/mol. The van der Waals surface area contributed by atoms with Crippen molar-refractivity contribution in [1.82, 2.24) is 15.5 Å². The Morgan fingerprint density at radius 2 is 2.13 bits per heavy atom. The van der Waals surface area contributed by atoms with E-state index >= 15 is 0 Å². The Morgan fingerprint density at radius 1 is 1.35 bits per heavy atom. The summed E-state index contributed by atoms with van der Waals surface area (Å²) in [6.07, 6.45) is 0. The molecule has 1 aliphatic heterocycles. The first-order valence-corrected chi connectivity index (χ1v) is 8.17. The van der Waals surface area contributed by atoms with Crippen LogP contribution in [0.3, 0.4) is 0 Å². The lowest BCUT2D eigenvalue weighted by atomic mass is 10.2. The maximum Gasteiger partial charge on any atom is 0.191 e. The number of guanidine groups is 1. The van der Waals surface area contributed by atoms with Gasteiger partial charge in [-0.15, -0.1) is 0 Å². The average molecular weight is 341 g/mol. The van der Waals surface area contributed by atoms with Crippen LogP contribution >= 0.6 is 11.6 Å². The van der Waals surface area contributed by atoms with Crippen molar-refractivity contribution in [1.29, 1.82) is 0 Å². The lowest BCUT2D eigenvalue weighted by Gasteiger charge is -2.26. The van der Waals surface area contributed by atoms with Crippen LogP contribution in [0.2, 0.25) is 5.02 Å². The molecule has 1 aliphatic rings. The number of nitrogens with zero attached hydrogens (tertiary/aromatic N) is 2. The molecule has 0 aliphatic carbocycles. The number of hydrogen-bond donors (Lipinski definition) is 2. The highest BCUT2D eigenvalue weighted by molar-refractivity contribution is 6.30. The second-order valence-corrected chi connectivity index (χ2v) is 5.70. The summed E-state index contributed by atoms with van der Waals surface area (Å²) in [6, 6.07) is 5.58. The van der Waals surface area contributed by atoms with Crippen LogP contribution in [0, 0.1) is 0 Å². The lowest BCUT2D eigenvalue weighted by molar-refractivity contribution is 0.0389. The van der Waals surface area contributed by atoms with Crippen LogP contribution in [0.5, 0.6) is 5.75 Å². The average Bonchev–Trinajstić information content (AvgIpc) is 2.59. The van der Waals surface area contributed by atoms with Crippen LogP contribution in [0.4, 0.5) is 0 Å². The van der Waals surface area contributed by atoms with Gasteiger partial charge >= 0.3 is 0 Å². The zero-order chi connectivity index (χ0) is 16.5. The number of rotatable bonds is 6. The molecule has 1 fully saturated rings. The van der Waals surface area contributed by atoms with Gasteiger partial charge in [0.2, 0.25) is 0 Å². The molecule has 23 heavy (non-hydrogen) atoms. The molecule has 0 bridgehead atoms. The van der Waals surface area contributed by atoms with Crippen molar-refractivity contribution >= 4 is 17.6 Å². The molecule has 128 valence electrons. The van der Waals surface area contributed by atoms with E-state index in [0.717, 1.165) is 56.7 Å². The monoisotopic (exact) mass is 340 g/mol. The minimum absolute atomic E-state index is 0.598. The van der Waals surface area contributed by atoms with Crippen LogP contribution in [0.25, 0.3) is 0 Å². The highest BCUT2D eigenvalue weighted by atomic mass is 35.5. The number of halogens is 1. The SMILES string of the molecule is CN=C(NCCN1CCOCC1)NCc1cc(Cl)ccc1OC. The van der Waals surface area contributed by atoms with Gasteiger partial charge in [0.1, 0.15) is 5.75 Å². The smallest absolute Gasteiger partial charge is 0.191 e. The molecule has 0 radical (unpaired) electrons. The van der Waals surface area contributed by atoms with Gasteiger partial charge in [0.15, 0.2) is 5.96 Å². The van der Waals surface area contributed by atoms with Gasteiger partial charge in [0, 0.05) is 50.4 Å². The maximum absolute atomic E-state index is 6.05. The van der Waals surface area contributed by atoms with E-state index in [0.29, 0.717) is 11.6 Å². The molecule has 7 heteroatoms. The zero-order valence-corrected chi connectivity index (χ0v) is 14.5. The van der Waals surface area contributed by atoms with E-state index in [4.69, 9.17) is 21.1 Å². The molecule has 0 spiro atoms. The Kier molecular flexibility index (Phi) is 7.45. The van der Waals surface area contributed by atoms with Crippen LogP contribution in [0.15, 0.2) is 23.2 Å². The first-order chi connectivity index (χ1) is 11.2. The normalized spacial score (nSPS) is 16.2. The molecule has 0 unspecified atom stereocenters. The van der Waals surface area contributed by atoms with E-state index < -0.39 is 0 Å². The Morgan fingerprint density at radius 3 is 2.83 bits per heavy atom. The minimum Gasteiger partial charge on any atom is -0.496 e. The lowest BCUT2D eigenvalue weighted by Crippen LogP contribution is -2.44. The Balaban J connectivity index is 1.77. The fraction of sp³-hybridized carbons (Fsp3) is 0.562. The second kappa shape index (κ2) is 9.60. The molecule has 1 heterocycles. The number of morpholine rings is 1. The van der Waals surface area contributed by atoms with Crippen LogP contribution in [0.1, 0.15) is 5.56 Å². The summed E-state index contributed by atoms with van der Waals surface area (Å²) >= 11 is 6.05. The highest BCUT2D eigenvalue weighted by Crippen LogP contribution is 2.22. The second-order valence-electron chi connectivity index (χ2n) is 5.26. The molecular formula is C16H25ClN4O2. The number of hydrogen-bond acceptors (Lipinski definition) is 4. The van der Waals surface area contributed by atoms with Crippen LogP contribution in [-0.4, -0.2) is 64.4 Å². The van der Waals surface area contributed by atoms with E-state index in [-0.39, 0.29) is 0 Å². The summed E-state index contributed by atoms with van der Waals surface area (Å²) in [7, 11) is 3.42. The van der Waals surface area contributed by atoms with E-state index in [1.165, 1.54) is 0 Å². The number of aliphatic imine (C=N–C) groups is 1. The summed E-state index contributed by atoms with van der Waals surface area (Å²) in [6.45, 7) is 6.04. The zero-order valence-electron chi connectivity index (χ0n) is 13.8. The first-order valence-electron chi connectivity index (χ1n) is 7.80. The summed E-state index contributed by atoms with van der Waals surface area (Å²) in [5.41, 5.74) is 0.996. The molecule has 0 atom stereocenters. The maximum atomic E-state index is 6.05. The van der Waals surface area contributed by atoms with Crippen molar-refractivity contribution < 1.29 is 9.47 Å². The van der Waals surface area contributed by atoms with Crippen LogP contribution < -0.4 is 15.4 Å². The van der Waals surface area contributed by atoms with Crippen molar-refractivity contribution in [2.45, 2.75) is 6.54 Å². The Bertz CT molecular complexity index is 519. The molecule has 2 rings (SSSR count). The fourth-order valence-corrected chi connectivity index (χ4v) is 2.64. The quantitative estimate of drug-likeness (QED) is 0.604. The third-order valence-electron chi connectivity index (χ3n) is 3.74. The predicted octanol–water partition coefficient (Wildman–Crippen LogP) is 1.35. The van der Waals surface area contributed by atoms with Crippen LogP contribution in [-0.2, 0) is 11.3 Å². The first kappa shape index (κ1) is 17.8. The third kappa shape index (κ3) is 5.89. The number of methoxy groups -OCH3 is 1. The standard InChI is InChI=1S/C16H25ClN4O2/c1-18-16(19-5-6-21-7-9-23-10-8-21)20-12-13-11-14(17)3-4-15(13)22-2/h3-4,11H,5-10,12H2,1-2H3,(H2,18,19,20). The van der Waals surface area contributed by atoms with Crippen molar-refractivity contribution in [2.24, 2.45) is 4.99 Å². The van der Waals surface area contributed by atoms with Gasteiger partial charge in [-0.1, -0.05) is 11.6 Å². The Hall–Kier alpha value is -1.50. The van der Waals surface area contributed by atoms with Gasteiger partial charge < -0.3 is 20.1 Å². The van der Waals surface area contributed by atoms with E-state index in [1.54, 1.807) is 14.2 Å². The van der Waals surface area contributed by atoms with Gasteiger partial charge in [-0.05, 0) is 18.2 Å². The van der Waals surface area contributed by atoms with Crippen molar-refractivity contribution in [3.8, 4) is 5.75 Å². The van der Waals surface area contributed by atoms with Gasteiger partial charge in [-0.2, -0.15) is 0 Å². The summed E-state index contributed by atoms with van der Waals surface area (Å²) < 4.78 is 10.7. The summed E-state index contributed by atoms with van der Waals surface area (Å²) in [4.78, 5) is 6.62. The Labute approximate surface area is 142 Å². The number of benzene rings is 1. The minimum atomic E-state index is 0.598. The molecule has 0 amide bonds. The molecule has 1 saturated heterocycles. The van der Waals surface area contributed by atoms with E-state index in [2.05, 4.69) is 20.5 Å². The fourth-order valence-electron chi connectivity index (χ4n) is 2.44. The largest absolute Gasteiger partial charge is 0.496 e. The number of nitrogens with one attached hydrogen (secondary N) is 2. The van der Waals surface area contributed by atoms with Gasteiger partial charge in [0.05, 0.1) is 20.3 Å². The molecule has 6 nitrogen and oxygen atoms in total. The van der Waals surface area contributed by atoms with Crippen molar-refractivity contribution in [3.63, 3.8) is 0 Å². The topological polar surface area (TPSA) is 58.1 Å². The highest BCUT2D eigenvalue weighted by Gasteiger charge is 2.10. The van der Waals surface area contributed by atoms with E-state index in [1.807, 2.05) is 18.2 Å². The molecule has 0 saturated carbocycles. The molecule has 0 aromatic heterocycles. The summed E-state index contributed by atoms with van der Waals surface area (Å²) in [5.74, 6) is 1.57. The summed E-state index contributed by atoms with van der Waals surface area (Å²) in [5, 5.41) is 7.30. The van der Waals surface area contributed by atoms with E-state index in [9.17, 15) is 0 Å². The third-order valence-corrected chi connectivity index (χ3v) is 3.97.